The molecule has 1 aromatic carbocycles. The van der Waals surface area contributed by atoms with Crippen molar-refractivity contribution in [3.8, 4) is 0 Å². The quantitative estimate of drug-likeness (QED) is 0.813. The molecule has 2 N–H and O–H groups in total. The van der Waals surface area contributed by atoms with Crippen LogP contribution in [0.15, 0.2) is 23.1 Å². The smallest absolute Gasteiger partial charge is 0.240 e. The second-order valence-corrected chi connectivity index (χ2v) is 7.04. The van der Waals surface area contributed by atoms with Crippen molar-refractivity contribution in [2.45, 2.75) is 31.7 Å². The van der Waals surface area contributed by atoms with Gasteiger partial charge in [-0.05, 0) is 43.1 Å². The number of hydrogen-bond acceptors (Lipinski definition) is 3. The highest BCUT2D eigenvalue weighted by molar-refractivity contribution is 7.89. The summed E-state index contributed by atoms with van der Waals surface area (Å²) in [7, 11) is -1.66. The van der Waals surface area contributed by atoms with Gasteiger partial charge >= 0.3 is 0 Å². The van der Waals surface area contributed by atoms with Crippen molar-refractivity contribution in [3.63, 3.8) is 0 Å². The maximum absolute atomic E-state index is 12.1. The van der Waals surface area contributed by atoms with Crippen LogP contribution in [0.1, 0.15) is 25.8 Å². The molecule has 0 aliphatic rings. The molecule has 0 saturated carbocycles. The molecule has 0 bridgehead atoms. The van der Waals surface area contributed by atoms with Crippen LogP contribution in [0.4, 0.5) is 0 Å². The van der Waals surface area contributed by atoms with Crippen LogP contribution < -0.4 is 10.0 Å². The van der Waals surface area contributed by atoms with Crippen LogP contribution in [0.25, 0.3) is 0 Å². The second kappa shape index (κ2) is 7.24. The van der Waals surface area contributed by atoms with Gasteiger partial charge in [-0.3, -0.25) is 0 Å². The van der Waals surface area contributed by atoms with Gasteiger partial charge in [0.05, 0.1) is 4.90 Å². The van der Waals surface area contributed by atoms with Gasteiger partial charge in [0.25, 0.3) is 0 Å². The SMILES string of the molecule is CNCc1cc(S(=O)(=O)NCCC(C)C)ccc1Cl. The molecule has 19 heavy (non-hydrogen) atoms. The average Bonchev–Trinajstić information content (AvgIpc) is 2.31. The number of benzene rings is 1. The Labute approximate surface area is 120 Å². The van der Waals surface area contributed by atoms with Crippen LogP contribution in [-0.2, 0) is 16.6 Å². The Morgan fingerprint density at radius 3 is 2.58 bits per heavy atom. The summed E-state index contributed by atoms with van der Waals surface area (Å²) in [5.41, 5.74) is 0.774. The lowest BCUT2D eigenvalue weighted by molar-refractivity contribution is 0.551. The average molecular weight is 305 g/mol. The lowest BCUT2D eigenvalue weighted by Gasteiger charge is -2.10. The predicted molar refractivity (Wildman–Crippen MR) is 78.9 cm³/mol. The number of halogens is 1. The molecule has 0 aliphatic heterocycles. The van der Waals surface area contributed by atoms with Gasteiger partial charge in [-0.15, -0.1) is 0 Å². The minimum Gasteiger partial charge on any atom is -0.316 e. The molecule has 6 heteroatoms. The van der Waals surface area contributed by atoms with Gasteiger partial charge in [0, 0.05) is 18.1 Å². The standard InChI is InChI=1S/C13H21ClN2O2S/c1-10(2)6-7-16-19(17,18)12-4-5-13(14)11(8-12)9-15-3/h4-5,8,10,15-16H,6-7,9H2,1-3H3. The highest BCUT2D eigenvalue weighted by Gasteiger charge is 2.15. The molecule has 0 fully saturated rings. The molecule has 108 valence electrons. The molecule has 0 aliphatic carbocycles. The van der Waals surface area contributed by atoms with Crippen molar-refractivity contribution in [1.29, 1.82) is 0 Å². The maximum Gasteiger partial charge on any atom is 0.240 e. The third kappa shape index (κ3) is 5.10. The zero-order chi connectivity index (χ0) is 14.5. The van der Waals surface area contributed by atoms with Crippen molar-refractivity contribution in [1.82, 2.24) is 10.0 Å². The Balaban J connectivity index is 2.86. The summed E-state index contributed by atoms with van der Waals surface area (Å²) in [6, 6.07) is 4.75. The number of hydrogen-bond donors (Lipinski definition) is 2. The van der Waals surface area contributed by atoms with Crippen LogP contribution in [0, 0.1) is 5.92 Å². The van der Waals surface area contributed by atoms with E-state index in [1.54, 1.807) is 19.2 Å². The summed E-state index contributed by atoms with van der Waals surface area (Å²) in [6.07, 6.45) is 0.816. The van der Waals surface area contributed by atoms with Gasteiger partial charge < -0.3 is 5.32 Å². The lowest BCUT2D eigenvalue weighted by Crippen LogP contribution is -2.25. The van der Waals surface area contributed by atoms with Crippen LogP contribution in [-0.4, -0.2) is 22.0 Å². The Bertz CT molecular complexity index is 515. The van der Waals surface area contributed by atoms with E-state index in [0.29, 0.717) is 24.0 Å². The minimum atomic E-state index is -3.45. The van der Waals surface area contributed by atoms with Crippen LogP contribution >= 0.6 is 11.6 Å². The summed E-state index contributed by atoms with van der Waals surface area (Å²) in [4.78, 5) is 0.255. The Kier molecular flexibility index (Phi) is 6.26. The van der Waals surface area contributed by atoms with Crippen molar-refractivity contribution in [2.75, 3.05) is 13.6 Å². The molecule has 0 aromatic heterocycles. The molecule has 0 unspecified atom stereocenters. The van der Waals surface area contributed by atoms with E-state index in [4.69, 9.17) is 11.6 Å². The first-order valence-electron chi connectivity index (χ1n) is 6.29. The molecule has 0 heterocycles. The molecule has 0 atom stereocenters. The number of sulfonamides is 1. The van der Waals surface area contributed by atoms with Crippen LogP contribution in [0.5, 0.6) is 0 Å². The Morgan fingerprint density at radius 2 is 2.00 bits per heavy atom. The fraction of sp³-hybridized carbons (Fsp3) is 0.538. The third-order valence-electron chi connectivity index (χ3n) is 2.71. The highest BCUT2D eigenvalue weighted by atomic mass is 35.5. The first-order valence-corrected chi connectivity index (χ1v) is 8.15. The van der Waals surface area contributed by atoms with Gasteiger partial charge in [-0.25, -0.2) is 13.1 Å². The molecule has 0 amide bonds. The second-order valence-electron chi connectivity index (χ2n) is 4.86. The largest absolute Gasteiger partial charge is 0.316 e. The molecular formula is C13H21ClN2O2S. The Hall–Kier alpha value is -0.620. The predicted octanol–water partition coefficient (Wildman–Crippen LogP) is 2.38. The van der Waals surface area contributed by atoms with E-state index in [-0.39, 0.29) is 4.90 Å². The van der Waals surface area contributed by atoms with E-state index in [2.05, 4.69) is 23.9 Å². The van der Waals surface area contributed by atoms with E-state index in [1.807, 2.05) is 0 Å². The third-order valence-corrected chi connectivity index (χ3v) is 4.54. The zero-order valence-corrected chi connectivity index (χ0v) is 13.1. The van der Waals surface area contributed by atoms with Crippen molar-refractivity contribution < 1.29 is 8.42 Å². The maximum atomic E-state index is 12.1. The first-order chi connectivity index (χ1) is 8.86. The van der Waals surface area contributed by atoms with Gasteiger partial charge in [0.1, 0.15) is 0 Å². The van der Waals surface area contributed by atoms with Crippen molar-refractivity contribution in [3.05, 3.63) is 28.8 Å². The Morgan fingerprint density at radius 1 is 1.32 bits per heavy atom. The summed E-state index contributed by atoms with van der Waals surface area (Å²) < 4.78 is 26.8. The van der Waals surface area contributed by atoms with Gasteiger partial charge in [0.15, 0.2) is 0 Å². The normalized spacial score (nSPS) is 12.1. The molecule has 0 spiro atoms. The van der Waals surface area contributed by atoms with E-state index >= 15 is 0 Å². The highest BCUT2D eigenvalue weighted by Crippen LogP contribution is 2.20. The molecule has 0 saturated heterocycles. The van der Waals surface area contributed by atoms with Gasteiger partial charge in [-0.1, -0.05) is 25.4 Å². The van der Waals surface area contributed by atoms with E-state index < -0.39 is 10.0 Å². The van der Waals surface area contributed by atoms with Gasteiger partial charge in [0.2, 0.25) is 10.0 Å². The van der Waals surface area contributed by atoms with Crippen molar-refractivity contribution in [2.24, 2.45) is 5.92 Å². The monoisotopic (exact) mass is 304 g/mol. The number of rotatable bonds is 7. The van der Waals surface area contributed by atoms with E-state index in [0.717, 1.165) is 12.0 Å². The summed E-state index contributed by atoms with van der Waals surface area (Å²) in [5, 5.41) is 3.53. The lowest BCUT2D eigenvalue weighted by atomic mass is 10.1. The first kappa shape index (κ1) is 16.4. The summed E-state index contributed by atoms with van der Waals surface area (Å²) in [6.45, 7) is 5.10. The van der Waals surface area contributed by atoms with Gasteiger partial charge in [-0.2, -0.15) is 0 Å². The molecule has 1 aromatic rings. The minimum absolute atomic E-state index is 0.255. The van der Waals surface area contributed by atoms with Crippen molar-refractivity contribution >= 4 is 21.6 Å². The molecular weight excluding hydrogens is 284 g/mol. The van der Waals surface area contributed by atoms with Crippen LogP contribution in [0.2, 0.25) is 5.02 Å². The topological polar surface area (TPSA) is 58.2 Å². The molecule has 0 radical (unpaired) electrons. The fourth-order valence-electron chi connectivity index (χ4n) is 1.61. The van der Waals surface area contributed by atoms with E-state index in [9.17, 15) is 8.42 Å². The zero-order valence-electron chi connectivity index (χ0n) is 11.5. The molecule has 4 nitrogen and oxygen atoms in total. The summed E-state index contributed by atoms with van der Waals surface area (Å²) >= 11 is 6.02. The fourth-order valence-corrected chi connectivity index (χ4v) is 2.89. The number of nitrogens with one attached hydrogen (secondary N) is 2. The van der Waals surface area contributed by atoms with Crippen LogP contribution in [0.3, 0.4) is 0 Å². The summed E-state index contributed by atoms with van der Waals surface area (Å²) in [5.74, 6) is 0.466. The van der Waals surface area contributed by atoms with E-state index in [1.165, 1.54) is 6.07 Å². The molecule has 1 rings (SSSR count).